The molecule has 3 unspecified atom stereocenters. The molecular formula is C20H25ClFN3O2. The third kappa shape index (κ3) is 3.57. The first-order chi connectivity index (χ1) is 12.9. The first kappa shape index (κ1) is 18.7. The second kappa shape index (κ2) is 7.40. The van der Waals surface area contributed by atoms with Crippen LogP contribution in [0.1, 0.15) is 38.5 Å². The molecule has 0 spiro atoms. The van der Waals surface area contributed by atoms with Gasteiger partial charge < -0.3 is 16.0 Å². The van der Waals surface area contributed by atoms with Gasteiger partial charge >= 0.3 is 0 Å². The van der Waals surface area contributed by atoms with E-state index in [1.165, 1.54) is 24.6 Å². The molecule has 5 nitrogen and oxygen atoms in total. The fourth-order valence-corrected chi connectivity index (χ4v) is 5.19. The molecule has 4 rings (SSSR count). The van der Waals surface area contributed by atoms with Crippen molar-refractivity contribution >= 4 is 29.1 Å². The minimum absolute atomic E-state index is 0.0159. The smallest absolute Gasteiger partial charge is 0.249 e. The number of nitrogens with zero attached hydrogens (tertiary/aromatic N) is 1. The van der Waals surface area contributed by atoms with E-state index in [0.717, 1.165) is 25.7 Å². The number of carbonyl (C=O) groups excluding carboxylic acids is 2. The number of benzene rings is 1. The van der Waals surface area contributed by atoms with Crippen molar-refractivity contribution in [1.29, 1.82) is 0 Å². The van der Waals surface area contributed by atoms with Crippen molar-refractivity contribution in [3.8, 4) is 0 Å². The topological polar surface area (TPSA) is 75.4 Å². The molecule has 1 aliphatic heterocycles. The van der Waals surface area contributed by atoms with Crippen LogP contribution in [0.2, 0.25) is 5.02 Å². The van der Waals surface area contributed by atoms with Gasteiger partial charge in [0.15, 0.2) is 0 Å². The van der Waals surface area contributed by atoms with Crippen molar-refractivity contribution in [2.75, 3.05) is 11.4 Å². The molecule has 1 heterocycles. The number of nitrogens with two attached hydrogens (primary N) is 1. The molecule has 1 aromatic carbocycles. The summed E-state index contributed by atoms with van der Waals surface area (Å²) in [6.45, 7) is 0.479. The van der Waals surface area contributed by atoms with Gasteiger partial charge in [-0.2, -0.15) is 0 Å². The molecule has 3 aliphatic rings. The van der Waals surface area contributed by atoms with Gasteiger partial charge in [0.25, 0.3) is 0 Å². The standard InChI is InChI=1S/C20H25ClFN3O2/c21-15-10-14(4-5-16(15)22)25-7-6-17(20(25)27)24-19(26)13-8-11-2-1-3-12(9-13)18(11)23/h4-5,10-13,17-18H,1-3,6-9,23H2,(H,24,26). The van der Waals surface area contributed by atoms with Crippen molar-refractivity contribution in [1.82, 2.24) is 5.32 Å². The molecule has 27 heavy (non-hydrogen) atoms. The molecule has 1 saturated heterocycles. The first-order valence-electron chi connectivity index (χ1n) is 9.76. The van der Waals surface area contributed by atoms with Crippen LogP contribution in [0.3, 0.4) is 0 Å². The predicted octanol–water partition coefficient (Wildman–Crippen LogP) is 2.85. The van der Waals surface area contributed by atoms with Crippen LogP contribution >= 0.6 is 11.6 Å². The fraction of sp³-hybridized carbons (Fsp3) is 0.600. The van der Waals surface area contributed by atoms with Crippen LogP contribution in [0, 0.1) is 23.6 Å². The predicted molar refractivity (Wildman–Crippen MR) is 102 cm³/mol. The lowest BCUT2D eigenvalue weighted by molar-refractivity contribution is -0.131. The highest BCUT2D eigenvalue weighted by Crippen LogP contribution is 2.42. The Morgan fingerprint density at radius 2 is 1.93 bits per heavy atom. The third-order valence-electron chi connectivity index (χ3n) is 6.52. The largest absolute Gasteiger partial charge is 0.344 e. The number of fused-ring (bicyclic) bond motifs is 2. The van der Waals surface area contributed by atoms with Crippen molar-refractivity contribution < 1.29 is 14.0 Å². The summed E-state index contributed by atoms with van der Waals surface area (Å²) in [4.78, 5) is 27.1. The van der Waals surface area contributed by atoms with Crippen LogP contribution in [0.5, 0.6) is 0 Å². The average molecular weight is 394 g/mol. The molecular weight excluding hydrogens is 369 g/mol. The summed E-state index contributed by atoms with van der Waals surface area (Å²) in [7, 11) is 0. The third-order valence-corrected chi connectivity index (χ3v) is 6.81. The SMILES string of the molecule is NC1C2CCCC1CC(C(=O)NC1CCN(c3ccc(F)c(Cl)c3)C1=O)C2. The Hall–Kier alpha value is -1.66. The number of nitrogens with one attached hydrogen (secondary N) is 1. The van der Waals surface area contributed by atoms with Gasteiger partial charge in [-0.25, -0.2) is 4.39 Å². The zero-order valence-corrected chi connectivity index (χ0v) is 15.9. The quantitative estimate of drug-likeness (QED) is 0.829. The van der Waals surface area contributed by atoms with Crippen molar-refractivity contribution in [2.24, 2.45) is 23.5 Å². The van der Waals surface area contributed by atoms with Crippen molar-refractivity contribution in [3.05, 3.63) is 29.0 Å². The molecule has 2 amide bonds. The molecule has 2 saturated carbocycles. The van der Waals surface area contributed by atoms with Gasteiger partial charge in [0.1, 0.15) is 11.9 Å². The van der Waals surface area contributed by atoms with Gasteiger partial charge in [0.05, 0.1) is 5.02 Å². The summed E-state index contributed by atoms with van der Waals surface area (Å²) >= 11 is 5.83. The maximum atomic E-state index is 13.4. The number of hydrogen-bond donors (Lipinski definition) is 2. The average Bonchev–Trinajstić information content (AvgIpc) is 2.98. The van der Waals surface area contributed by atoms with Crippen molar-refractivity contribution in [2.45, 2.75) is 50.6 Å². The van der Waals surface area contributed by atoms with Crippen molar-refractivity contribution in [3.63, 3.8) is 0 Å². The van der Waals surface area contributed by atoms with E-state index in [2.05, 4.69) is 5.32 Å². The molecule has 1 aromatic rings. The molecule has 3 atom stereocenters. The Balaban J connectivity index is 1.39. The summed E-state index contributed by atoms with van der Waals surface area (Å²) in [5.41, 5.74) is 6.86. The van der Waals surface area contributed by atoms with Gasteiger partial charge in [-0.15, -0.1) is 0 Å². The van der Waals surface area contributed by atoms with Gasteiger partial charge in [-0.05, 0) is 62.1 Å². The van der Waals surface area contributed by atoms with E-state index in [1.807, 2.05) is 0 Å². The lowest BCUT2D eigenvalue weighted by Crippen LogP contribution is -2.51. The zero-order valence-electron chi connectivity index (χ0n) is 15.2. The minimum atomic E-state index is -0.531. The first-order valence-corrected chi connectivity index (χ1v) is 10.1. The van der Waals surface area contributed by atoms with Gasteiger partial charge in [-0.1, -0.05) is 18.0 Å². The summed E-state index contributed by atoms with van der Waals surface area (Å²) < 4.78 is 13.4. The molecule has 2 aliphatic carbocycles. The van der Waals surface area contributed by atoms with E-state index >= 15 is 0 Å². The van der Waals surface area contributed by atoms with Gasteiger partial charge in [-0.3, -0.25) is 9.59 Å². The molecule has 0 radical (unpaired) electrons. The fourth-order valence-electron chi connectivity index (χ4n) is 5.02. The normalized spacial score (nSPS) is 33.2. The highest BCUT2D eigenvalue weighted by Gasteiger charge is 2.42. The molecule has 3 fully saturated rings. The summed E-state index contributed by atoms with van der Waals surface area (Å²) in [5, 5.41) is 2.93. The summed E-state index contributed by atoms with van der Waals surface area (Å²) in [6.07, 6.45) is 5.58. The van der Waals surface area contributed by atoms with E-state index in [9.17, 15) is 14.0 Å². The summed E-state index contributed by atoms with van der Waals surface area (Å²) in [6, 6.07) is 3.92. The van der Waals surface area contributed by atoms with E-state index in [1.54, 1.807) is 4.90 Å². The molecule has 0 aromatic heterocycles. The second-order valence-corrected chi connectivity index (χ2v) is 8.54. The maximum Gasteiger partial charge on any atom is 0.249 e. The molecule has 3 N–H and O–H groups in total. The number of anilines is 1. The Labute approximate surface area is 163 Å². The van der Waals surface area contributed by atoms with Gasteiger partial charge in [0.2, 0.25) is 11.8 Å². The molecule has 7 heteroatoms. The highest BCUT2D eigenvalue weighted by molar-refractivity contribution is 6.31. The second-order valence-electron chi connectivity index (χ2n) is 8.13. The highest BCUT2D eigenvalue weighted by atomic mass is 35.5. The summed E-state index contributed by atoms with van der Waals surface area (Å²) in [5.74, 6) is 0.0748. The van der Waals surface area contributed by atoms with Crippen LogP contribution in [0.25, 0.3) is 0 Å². The monoisotopic (exact) mass is 393 g/mol. The Morgan fingerprint density at radius 3 is 2.59 bits per heavy atom. The molecule has 146 valence electrons. The number of rotatable bonds is 3. The van der Waals surface area contributed by atoms with E-state index in [0.29, 0.717) is 30.5 Å². The minimum Gasteiger partial charge on any atom is -0.344 e. The van der Waals surface area contributed by atoms with Gasteiger partial charge in [0, 0.05) is 24.2 Å². The lowest BCUT2D eigenvalue weighted by atomic mass is 9.65. The van der Waals surface area contributed by atoms with Crippen LogP contribution in [-0.2, 0) is 9.59 Å². The Morgan fingerprint density at radius 1 is 1.22 bits per heavy atom. The maximum absolute atomic E-state index is 13.4. The number of carbonyl (C=O) groups is 2. The van der Waals surface area contributed by atoms with E-state index in [-0.39, 0.29) is 28.8 Å². The van der Waals surface area contributed by atoms with Crippen LogP contribution in [0.15, 0.2) is 18.2 Å². The Kier molecular flexibility index (Phi) is 5.12. The zero-order chi connectivity index (χ0) is 19.1. The Bertz CT molecular complexity index is 745. The lowest BCUT2D eigenvalue weighted by Gasteiger charge is -2.43. The van der Waals surface area contributed by atoms with E-state index in [4.69, 9.17) is 17.3 Å². The molecule has 2 bridgehead atoms. The number of amides is 2. The number of hydrogen-bond acceptors (Lipinski definition) is 3. The van der Waals surface area contributed by atoms with Crippen LogP contribution in [-0.4, -0.2) is 30.4 Å². The number of halogens is 2. The van der Waals surface area contributed by atoms with E-state index < -0.39 is 11.9 Å². The van der Waals surface area contributed by atoms with Crippen LogP contribution < -0.4 is 16.0 Å². The van der Waals surface area contributed by atoms with Crippen LogP contribution in [0.4, 0.5) is 10.1 Å².